The van der Waals surface area contributed by atoms with Crippen LogP contribution in [0.3, 0.4) is 0 Å². The number of methoxy groups -OCH3 is 1. The molecule has 1 N–H and O–H groups in total. The predicted octanol–water partition coefficient (Wildman–Crippen LogP) is 3.96. The molecule has 0 fully saturated rings. The van der Waals surface area contributed by atoms with E-state index in [1.54, 1.807) is 7.11 Å². The van der Waals surface area contributed by atoms with Gasteiger partial charge in [0.05, 0.1) is 18.1 Å². The lowest BCUT2D eigenvalue weighted by Gasteiger charge is -2.19. The van der Waals surface area contributed by atoms with Crippen molar-refractivity contribution in [3.63, 3.8) is 0 Å². The molecule has 0 unspecified atom stereocenters. The first-order valence-corrected chi connectivity index (χ1v) is 10.3. The minimum atomic E-state index is -0.0460. The van der Waals surface area contributed by atoms with Gasteiger partial charge in [-0.05, 0) is 43.3 Å². The van der Waals surface area contributed by atoms with Crippen LogP contribution in [0.15, 0.2) is 48.5 Å². The van der Waals surface area contributed by atoms with Gasteiger partial charge in [0.25, 0.3) is 0 Å². The molecule has 0 aliphatic carbocycles. The minimum absolute atomic E-state index is 0.0460. The summed E-state index contributed by atoms with van der Waals surface area (Å²) in [4.78, 5) is 19.7. The van der Waals surface area contributed by atoms with E-state index in [1.807, 2.05) is 42.5 Å². The van der Waals surface area contributed by atoms with Crippen molar-refractivity contribution in [2.75, 3.05) is 32.1 Å². The van der Waals surface area contributed by atoms with E-state index in [0.29, 0.717) is 18.8 Å². The molecule has 0 aliphatic heterocycles. The van der Waals surface area contributed by atoms with Crippen LogP contribution in [-0.2, 0) is 17.8 Å². The van der Waals surface area contributed by atoms with Crippen molar-refractivity contribution < 1.29 is 9.53 Å². The van der Waals surface area contributed by atoms with Crippen LogP contribution in [0, 0.1) is 0 Å². The standard InChI is InChI=1S/C23H30N4O2/c1-4-26(5-2)16-17-27-20-12-8-7-11-19(20)24-23(27)25-22(28)15-14-18-10-6-9-13-21(18)29-3/h6-13H,4-5,14-17H2,1-3H3,(H,24,25,28). The van der Waals surface area contributed by atoms with Crippen LogP contribution < -0.4 is 10.1 Å². The number of rotatable bonds is 10. The fourth-order valence-corrected chi connectivity index (χ4v) is 3.52. The summed E-state index contributed by atoms with van der Waals surface area (Å²) in [5.41, 5.74) is 2.96. The molecule has 3 rings (SSSR count). The second kappa shape index (κ2) is 10.1. The molecule has 0 saturated heterocycles. The molecule has 0 aliphatic rings. The second-order valence-electron chi connectivity index (χ2n) is 6.96. The summed E-state index contributed by atoms with van der Waals surface area (Å²) < 4.78 is 7.48. The van der Waals surface area contributed by atoms with Crippen LogP contribution in [0.4, 0.5) is 5.95 Å². The molecule has 29 heavy (non-hydrogen) atoms. The number of carbonyl (C=O) groups is 1. The Hall–Kier alpha value is -2.86. The monoisotopic (exact) mass is 394 g/mol. The van der Waals surface area contributed by atoms with E-state index in [1.165, 1.54) is 0 Å². The Morgan fingerprint density at radius 3 is 2.59 bits per heavy atom. The largest absolute Gasteiger partial charge is 0.496 e. The van der Waals surface area contributed by atoms with Gasteiger partial charge in [-0.3, -0.25) is 10.1 Å². The number of carbonyl (C=O) groups excluding carboxylic acids is 1. The molecule has 2 aromatic carbocycles. The summed E-state index contributed by atoms with van der Waals surface area (Å²) >= 11 is 0. The summed E-state index contributed by atoms with van der Waals surface area (Å²) in [5, 5.41) is 3.02. The maximum Gasteiger partial charge on any atom is 0.227 e. The molecule has 154 valence electrons. The zero-order valence-electron chi connectivity index (χ0n) is 17.5. The summed E-state index contributed by atoms with van der Waals surface area (Å²) in [5.74, 6) is 1.38. The van der Waals surface area contributed by atoms with Crippen molar-refractivity contribution in [2.24, 2.45) is 0 Å². The molecule has 6 heteroatoms. The molecule has 1 aromatic heterocycles. The third-order valence-corrected chi connectivity index (χ3v) is 5.25. The first kappa shape index (κ1) is 20.9. The fraction of sp³-hybridized carbons (Fsp3) is 0.391. The van der Waals surface area contributed by atoms with E-state index in [9.17, 15) is 4.79 Å². The number of benzene rings is 2. The van der Waals surface area contributed by atoms with Crippen molar-refractivity contribution in [2.45, 2.75) is 33.2 Å². The van der Waals surface area contributed by atoms with Crippen LogP contribution in [-0.4, -0.2) is 47.1 Å². The topological polar surface area (TPSA) is 59.4 Å². The van der Waals surface area contributed by atoms with Crippen molar-refractivity contribution in [1.29, 1.82) is 0 Å². The first-order chi connectivity index (χ1) is 14.2. The number of nitrogens with zero attached hydrogens (tertiary/aromatic N) is 3. The normalized spacial score (nSPS) is 11.2. The Labute approximate surface area is 172 Å². The van der Waals surface area contributed by atoms with Crippen molar-refractivity contribution >= 4 is 22.9 Å². The average molecular weight is 395 g/mol. The molecule has 6 nitrogen and oxygen atoms in total. The average Bonchev–Trinajstić information content (AvgIpc) is 3.10. The van der Waals surface area contributed by atoms with E-state index >= 15 is 0 Å². The number of imidazole rings is 1. The molecule has 0 radical (unpaired) electrons. The van der Waals surface area contributed by atoms with Gasteiger partial charge in [0, 0.05) is 19.5 Å². The number of amides is 1. The number of hydrogen-bond acceptors (Lipinski definition) is 4. The van der Waals surface area contributed by atoms with Gasteiger partial charge in [-0.15, -0.1) is 0 Å². The second-order valence-corrected chi connectivity index (χ2v) is 6.96. The van der Waals surface area contributed by atoms with Gasteiger partial charge < -0.3 is 14.2 Å². The van der Waals surface area contributed by atoms with Crippen molar-refractivity contribution in [3.8, 4) is 5.75 Å². The third kappa shape index (κ3) is 5.15. The Kier molecular flexibility index (Phi) is 7.25. The zero-order chi connectivity index (χ0) is 20.6. The molecule has 1 amide bonds. The number of para-hydroxylation sites is 3. The van der Waals surface area contributed by atoms with E-state index in [2.05, 4.69) is 39.7 Å². The number of nitrogens with one attached hydrogen (secondary N) is 1. The summed E-state index contributed by atoms with van der Waals surface area (Å²) in [7, 11) is 1.65. The number of anilines is 1. The highest BCUT2D eigenvalue weighted by Gasteiger charge is 2.14. The maximum atomic E-state index is 12.6. The maximum absolute atomic E-state index is 12.6. The van der Waals surface area contributed by atoms with E-state index < -0.39 is 0 Å². The number of likely N-dealkylation sites (N-methyl/N-ethyl adjacent to an activating group) is 1. The summed E-state index contributed by atoms with van der Waals surface area (Å²) in [6.07, 6.45) is 0.995. The Balaban J connectivity index is 1.73. The number of aromatic nitrogens is 2. The molecule has 1 heterocycles. The smallest absolute Gasteiger partial charge is 0.227 e. The number of fused-ring (bicyclic) bond motifs is 1. The lowest BCUT2D eigenvalue weighted by molar-refractivity contribution is -0.116. The van der Waals surface area contributed by atoms with Crippen LogP contribution in [0.5, 0.6) is 5.75 Å². The Morgan fingerprint density at radius 1 is 1.10 bits per heavy atom. The van der Waals surface area contributed by atoms with Gasteiger partial charge in [-0.1, -0.05) is 44.2 Å². The quantitative estimate of drug-likeness (QED) is 0.565. The number of hydrogen-bond donors (Lipinski definition) is 1. The van der Waals surface area contributed by atoms with Gasteiger partial charge in [0.15, 0.2) is 0 Å². The Morgan fingerprint density at radius 2 is 1.83 bits per heavy atom. The molecule has 0 atom stereocenters. The lowest BCUT2D eigenvalue weighted by atomic mass is 10.1. The third-order valence-electron chi connectivity index (χ3n) is 5.25. The highest BCUT2D eigenvalue weighted by molar-refractivity contribution is 5.91. The SMILES string of the molecule is CCN(CC)CCn1c(NC(=O)CCc2ccccc2OC)nc2ccccc21. The molecular weight excluding hydrogens is 364 g/mol. The highest BCUT2D eigenvalue weighted by Crippen LogP contribution is 2.21. The molecule has 0 spiro atoms. The van der Waals surface area contributed by atoms with Gasteiger partial charge >= 0.3 is 0 Å². The number of ether oxygens (including phenoxy) is 1. The highest BCUT2D eigenvalue weighted by atomic mass is 16.5. The molecule has 0 bridgehead atoms. The van der Waals surface area contributed by atoms with Gasteiger partial charge in [-0.2, -0.15) is 0 Å². The van der Waals surface area contributed by atoms with Gasteiger partial charge in [0.2, 0.25) is 11.9 Å². The minimum Gasteiger partial charge on any atom is -0.496 e. The van der Waals surface area contributed by atoms with Crippen molar-refractivity contribution in [1.82, 2.24) is 14.5 Å². The summed E-state index contributed by atoms with van der Waals surface area (Å²) in [6, 6.07) is 15.8. The molecule has 0 saturated carbocycles. The van der Waals surface area contributed by atoms with Crippen LogP contribution in [0.1, 0.15) is 25.8 Å². The van der Waals surface area contributed by atoms with Crippen LogP contribution >= 0.6 is 0 Å². The van der Waals surface area contributed by atoms with Crippen molar-refractivity contribution in [3.05, 3.63) is 54.1 Å². The zero-order valence-corrected chi connectivity index (χ0v) is 17.5. The number of aryl methyl sites for hydroxylation is 1. The first-order valence-electron chi connectivity index (χ1n) is 10.3. The van der Waals surface area contributed by atoms with E-state index in [4.69, 9.17) is 4.74 Å². The van der Waals surface area contributed by atoms with Crippen LogP contribution in [0.2, 0.25) is 0 Å². The van der Waals surface area contributed by atoms with E-state index in [-0.39, 0.29) is 5.91 Å². The Bertz CT molecular complexity index is 947. The molecule has 3 aromatic rings. The predicted molar refractivity (Wildman–Crippen MR) is 117 cm³/mol. The van der Waals surface area contributed by atoms with Gasteiger partial charge in [0.1, 0.15) is 5.75 Å². The van der Waals surface area contributed by atoms with Crippen LogP contribution in [0.25, 0.3) is 11.0 Å². The van der Waals surface area contributed by atoms with E-state index in [0.717, 1.165) is 48.5 Å². The van der Waals surface area contributed by atoms with Gasteiger partial charge in [-0.25, -0.2) is 4.98 Å². The fourth-order valence-electron chi connectivity index (χ4n) is 3.52. The summed E-state index contributed by atoms with van der Waals surface area (Å²) in [6.45, 7) is 8.03. The lowest BCUT2D eigenvalue weighted by Crippen LogP contribution is -2.27. The molecular formula is C23H30N4O2.